The van der Waals surface area contributed by atoms with Crippen LogP contribution < -0.4 is 0 Å². The Balaban J connectivity index is 1.35. The third-order valence-electron chi connectivity index (χ3n) is 10.7. The van der Waals surface area contributed by atoms with E-state index < -0.39 is 29.1 Å². The van der Waals surface area contributed by atoms with Gasteiger partial charge in [-0.2, -0.15) is 0 Å². The zero-order valence-electron chi connectivity index (χ0n) is 22.1. The van der Waals surface area contributed by atoms with Crippen molar-refractivity contribution in [2.75, 3.05) is 0 Å². The normalized spacial score (nSPS) is 46.1. The largest absolute Gasteiger partial charge is 0.457 e. The van der Waals surface area contributed by atoms with E-state index in [2.05, 4.69) is 27.0 Å². The Hall–Kier alpha value is -2.21. The Labute approximate surface area is 214 Å². The predicted molar refractivity (Wildman–Crippen MR) is 134 cm³/mol. The molecule has 6 heteroatoms. The van der Waals surface area contributed by atoms with Crippen LogP contribution in [0.4, 0.5) is 0 Å². The molecule has 0 aromatic carbocycles. The number of carbonyl (C=O) groups excluding carboxylic acids is 3. The van der Waals surface area contributed by atoms with E-state index >= 15 is 0 Å². The molecule has 36 heavy (non-hydrogen) atoms. The first-order valence-electron chi connectivity index (χ1n) is 13.6. The van der Waals surface area contributed by atoms with Crippen molar-refractivity contribution >= 4 is 17.7 Å². The van der Waals surface area contributed by atoms with Crippen LogP contribution in [0.3, 0.4) is 0 Å². The highest BCUT2D eigenvalue weighted by molar-refractivity contribution is 6.05. The van der Waals surface area contributed by atoms with Crippen molar-refractivity contribution in [3.8, 4) is 0 Å². The van der Waals surface area contributed by atoms with E-state index in [1.807, 2.05) is 13.8 Å². The summed E-state index contributed by atoms with van der Waals surface area (Å²) in [5.74, 6) is -1.37. The van der Waals surface area contributed by atoms with Crippen molar-refractivity contribution in [2.24, 2.45) is 40.4 Å². The summed E-state index contributed by atoms with van der Waals surface area (Å²) in [6.45, 7) is 16.1. The minimum atomic E-state index is -0.988. The van der Waals surface area contributed by atoms with Gasteiger partial charge >= 0.3 is 11.9 Å². The second kappa shape index (κ2) is 8.41. The van der Waals surface area contributed by atoms with E-state index in [9.17, 15) is 19.5 Å². The molecular formula is C30H40O6. The van der Waals surface area contributed by atoms with Gasteiger partial charge in [0, 0.05) is 17.1 Å². The van der Waals surface area contributed by atoms with Crippen LogP contribution in [0.25, 0.3) is 0 Å². The molecule has 1 N–H and O–H groups in total. The lowest BCUT2D eigenvalue weighted by Gasteiger charge is -2.39. The number of Topliss-reactive ketones (excluding diaryl/α,β-unsaturated/α-hetero) is 1. The van der Waals surface area contributed by atoms with Gasteiger partial charge in [-0.25, -0.2) is 9.59 Å². The second-order valence-electron chi connectivity index (χ2n) is 13.0. The number of rotatable bonds is 3. The number of allylic oxidation sites excluding steroid dienone is 2. The lowest BCUT2D eigenvalue weighted by atomic mass is 9.68. The van der Waals surface area contributed by atoms with Crippen molar-refractivity contribution in [3.63, 3.8) is 0 Å². The fourth-order valence-corrected chi connectivity index (χ4v) is 8.55. The quantitative estimate of drug-likeness (QED) is 0.434. The first-order chi connectivity index (χ1) is 16.8. The first-order valence-corrected chi connectivity index (χ1v) is 13.6. The Morgan fingerprint density at radius 1 is 1.14 bits per heavy atom. The maximum atomic E-state index is 13.8. The maximum absolute atomic E-state index is 13.8. The molecule has 1 saturated heterocycles. The van der Waals surface area contributed by atoms with Gasteiger partial charge in [-0.05, 0) is 94.0 Å². The third kappa shape index (κ3) is 3.66. The molecule has 5 rings (SSSR count). The summed E-state index contributed by atoms with van der Waals surface area (Å²) < 4.78 is 11.5. The van der Waals surface area contributed by atoms with Crippen LogP contribution in [0.2, 0.25) is 0 Å². The van der Waals surface area contributed by atoms with Crippen molar-refractivity contribution in [1.29, 1.82) is 0 Å². The average molecular weight is 497 g/mol. The molecule has 4 fully saturated rings. The van der Waals surface area contributed by atoms with E-state index in [4.69, 9.17) is 9.47 Å². The molecule has 0 aromatic rings. The second-order valence-corrected chi connectivity index (χ2v) is 13.0. The van der Waals surface area contributed by atoms with Gasteiger partial charge in [-0.1, -0.05) is 33.4 Å². The fraction of sp³-hybridized carbons (Fsp3) is 0.700. The number of aliphatic hydroxyl groups is 1. The molecule has 196 valence electrons. The molecular weight excluding hydrogens is 456 g/mol. The van der Waals surface area contributed by atoms with Gasteiger partial charge in [0.25, 0.3) is 0 Å². The molecule has 1 aliphatic heterocycles. The van der Waals surface area contributed by atoms with Crippen LogP contribution in [0.5, 0.6) is 0 Å². The zero-order chi connectivity index (χ0) is 26.2. The Bertz CT molecular complexity index is 1070. The van der Waals surface area contributed by atoms with Crippen molar-refractivity contribution < 1.29 is 29.0 Å². The highest BCUT2D eigenvalue weighted by atomic mass is 16.6. The van der Waals surface area contributed by atoms with Crippen LogP contribution in [0.1, 0.15) is 79.1 Å². The summed E-state index contributed by atoms with van der Waals surface area (Å²) in [6.07, 6.45) is 7.94. The molecule has 3 saturated carbocycles. The average Bonchev–Trinajstić information content (AvgIpc) is 3.38. The van der Waals surface area contributed by atoms with Gasteiger partial charge in [-0.3, -0.25) is 4.79 Å². The lowest BCUT2D eigenvalue weighted by molar-refractivity contribution is -0.153. The number of ketones is 1. The van der Waals surface area contributed by atoms with Gasteiger partial charge in [0.05, 0.1) is 11.0 Å². The van der Waals surface area contributed by atoms with Crippen molar-refractivity contribution in [1.82, 2.24) is 0 Å². The molecule has 1 heterocycles. The van der Waals surface area contributed by atoms with E-state index in [0.29, 0.717) is 24.0 Å². The van der Waals surface area contributed by atoms with Crippen LogP contribution in [0, 0.1) is 40.4 Å². The summed E-state index contributed by atoms with van der Waals surface area (Å²) in [5.41, 5.74) is -0.985. The predicted octanol–water partition coefficient (Wildman–Crippen LogP) is 5.06. The van der Waals surface area contributed by atoms with E-state index in [0.717, 1.165) is 38.5 Å². The molecule has 0 amide bonds. The third-order valence-corrected chi connectivity index (χ3v) is 10.7. The SMILES string of the molecule is C=C(C(=O)OC1=CC2C(C)CCC3C(=C)C(=O)OC3C2(C)C1=O)C1CCC(C)(O)C2CCCC2(C)C1. The number of carbonyl (C=O) groups is 3. The molecule has 4 aliphatic carbocycles. The van der Waals surface area contributed by atoms with E-state index in [-0.39, 0.29) is 46.5 Å². The zero-order valence-corrected chi connectivity index (χ0v) is 22.1. The monoisotopic (exact) mass is 496 g/mol. The van der Waals surface area contributed by atoms with Gasteiger partial charge < -0.3 is 14.6 Å². The molecule has 9 atom stereocenters. The number of hydrogen-bond donors (Lipinski definition) is 1. The number of esters is 2. The standard InChI is InChI=1S/C30H40O6/c1-16-9-10-20-18(3)27(33)36-25(20)30(6)21(16)14-22(24(30)31)35-26(32)17(2)19-11-13-29(5,34)23-8-7-12-28(23,4)15-19/h14,16,19-21,23,25,34H,2-3,7-13,15H2,1,4-6H3. The highest BCUT2D eigenvalue weighted by Gasteiger charge is 2.62. The minimum absolute atomic E-state index is 0.0419. The summed E-state index contributed by atoms with van der Waals surface area (Å²) in [4.78, 5) is 39.4. The summed E-state index contributed by atoms with van der Waals surface area (Å²) in [7, 11) is 0. The Kier molecular flexibility index (Phi) is 5.94. The number of fused-ring (bicyclic) bond motifs is 4. The van der Waals surface area contributed by atoms with Gasteiger partial charge in [0.1, 0.15) is 6.10 Å². The molecule has 6 nitrogen and oxygen atoms in total. The Morgan fingerprint density at radius 3 is 2.58 bits per heavy atom. The molecule has 9 unspecified atom stereocenters. The smallest absolute Gasteiger partial charge is 0.339 e. The van der Waals surface area contributed by atoms with Crippen LogP contribution in [-0.2, 0) is 23.9 Å². The molecule has 0 radical (unpaired) electrons. The molecule has 0 aromatic heterocycles. The van der Waals surface area contributed by atoms with E-state index in [1.165, 1.54) is 0 Å². The van der Waals surface area contributed by atoms with Gasteiger partial charge in [-0.15, -0.1) is 0 Å². The fourth-order valence-electron chi connectivity index (χ4n) is 8.55. The summed E-state index contributed by atoms with van der Waals surface area (Å²) >= 11 is 0. The summed E-state index contributed by atoms with van der Waals surface area (Å²) in [6, 6.07) is 0. The maximum Gasteiger partial charge on any atom is 0.339 e. The first kappa shape index (κ1) is 25.4. The topological polar surface area (TPSA) is 89.9 Å². The lowest BCUT2D eigenvalue weighted by Crippen LogP contribution is -2.45. The number of hydrogen-bond acceptors (Lipinski definition) is 6. The van der Waals surface area contributed by atoms with Crippen LogP contribution in [-0.4, -0.2) is 34.5 Å². The number of ether oxygens (including phenoxy) is 2. The van der Waals surface area contributed by atoms with Gasteiger partial charge in [0.15, 0.2) is 5.76 Å². The van der Waals surface area contributed by atoms with Crippen molar-refractivity contribution in [2.45, 2.75) is 90.8 Å². The highest BCUT2D eigenvalue weighted by Crippen LogP contribution is 2.58. The van der Waals surface area contributed by atoms with Crippen LogP contribution in [0.15, 0.2) is 36.1 Å². The summed E-state index contributed by atoms with van der Waals surface area (Å²) in [5, 5.41) is 11.2. The Morgan fingerprint density at radius 2 is 1.86 bits per heavy atom. The van der Waals surface area contributed by atoms with Crippen LogP contribution >= 0.6 is 0 Å². The van der Waals surface area contributed by atoms with Gasteiger partial charge in [0.2, 0.25) is 5.78 Å². The van der Waals surface area contributed by atoms with Crippen molar-refractivity contribution in [3.05, 3.63) is 36.1 Å². The van der Waals surface area contributed by atoms with E-state index in [1.54, 1.807) is 6.08 Å². The molecule has 0 bridgehead atoms. The minimum Gasteiger partial charge on any atom is -0.457 e. The molecule has 0 spiro atoms. The molecule has 5 aliphatic rings.